The van der Waals surface area contributed by atoms with Crippen molar-refractivity contribution in [1.29, 1.82) is 0 Å². The fraction of sp³-hybridized carbons (Fsp3) is 0.560. The number of aromatic nitrogens is 1. The molecule has 4 rings (SSSR count). The lowest BCUT2D eigenvalue weighted by Crippen LogP contribution is -2.53. The van der Waals surface area contributed by atoms with Gasteiger partial charge >= 0.3 is 0 Å². The minimum atomic E-state index is 0. The van der Waals surface area contributed by atoms with Crippen molar-refractivity contribution in [3.8, 4) is 5.75 Å². The van der Waals surface area contributed by atoms with E-state index in [2.05, 4.69) is 29.8 Å². The zero-order chi connectivity index (χ0) is 21.5. The molecule has 1 fully saturated rings. The number of H-pyrrole nitrogens is 1. The third kappa shape index (κ3) is 3.98. The number of nitrogens with zero attached hydrogens (tertiary/aromatic N) is 2. The number of phenolic OH excluding ortho intramolecular Hbond substituents is 1. The summed E-state index contributed by atoms with van der Waals surface area (Å²) in [5, 5.41) is 10.2. The predicted molar refractivity (Wildman–Crippen MR) is 127 cm³/mol. The molecule has 2 atom stereocenters. The maximum atomic E-state index is 13.1. The zero-order valence-electron chi connectivity index (χ0n) is 19.2. The number of aromatic amines is 1. The highest BCUT2D eigenvalue weighted by molar-refractivity contribution is 5.94. The van der Waals surface area contributed by atoms with Crippen molar-refractivity contribution in [2.24, 2.45) is 5.92 Å². The molecule has 2 unspecified atom stereocenters. The van der Waals surface area contributed by atoms with Gasteiger partial charge in [0.1, 0.15) is 11.4 Å². The number of phenols is 1. The van der Waals surface area contributed by atoms with Crippen LogP contribution in [0.4, 0.5) is 0 Å². The van der Waals surface area contributed by atoms with Gasteiger partial charge in [-0.2, -0.15) is 0 Å². The third-order valence-corrected chi connectivity index (χ3v) is 7.68. The predicted octanol–water partition coefficient (Wildman–Crippen LogP) is 4.31. The molecule has 2 heterocycles. The molecular weight excluding hydrogens is 410 g/mol. The SMILES string of the molecule is CCN1CCC2(c3cccc(O)c3)Cc3[nH]c(C(=O)N(CC)CC)c(C)c3CC2C1.Cl. The lowest BCUT2D eigenvalue weighted by molar-refractivity contribution is 0.0766. The van der Waals surface area contributed by atoms with E-state index in [1.54, 1.807) is 6.07 Å². The number of nitrogens with one attached hydrogen (secondary N) is 1. The monoisotopic (exact) mass is 445 g/mol. The number of amides is 1. The molecule has 1 aliphatic heterocycles. The minimum absolute atomic E-state index is 0. The van der Waals surface area contributed by atoms with Crippen molar-refractivity contribution in [2.45, 2.75) is 52.4 Å². The van der Waals surface area contributed by atoms with E-state index in [9.17, 15) is 9.90 Å². The standard InChI is InChI=1S/C25H35N3O2.ClH/c1-5-27-12-11-25(18-9-8-10-20(29)13-18)15-22-21(14-19(25)16-27)17(4)23(26-22)24(30)28(6-2)7-3;/h8-10,13,19,26,29H,5-7,11-12,14-16H2,1-4H3;1H. The van der Waals surface area contributed by atoms with E-state index in [-0.39, 0.29) is 23.7 Å². The number of rotatable bonds is 5. The maximum absolute atomic E-state index is 13.1. The van der Waals surface area contributed by atoms with E-state index >= 15 is 0 Å². The van der Waals surface area contributed by atoms with E-state index in [4.69, 9.17) is 0 Å². The van der Waals surface area contributed by atoms with Crippen molar-refractivity contribution in [3.63, 3.8) is 0 Å². The number of hydrogen-bond donors (Lipinski definition) is 2. The van der Waals surface area contributed by atoms with E-state index in [0.29, 0.717) is 11.7 Å². The molecule has 31 heavy (non-hydrogen) atoms. The van der Waals surface area contributed by atoms with Crippen molar-refractivity contribution >= 4 is 18.3 Å². The lowest BCUT2D eigenvalue weighted by atomic mass is 9.58. The summed E-state index contributed by atoms with van der Waals surface area (Å²) in [6.45, 7) is 13.1. The van der Waals surface area contributed by atoms with Gasteiger partial charge < -0.3 is 19.9 Å². The van der Waals surface area contributed by atoms with Crippen molar-refractivity contribution in [3.05, 3.63) is 52.3 Å². The highest BCUT2D eigenvalue weighted by atomic mass is 35.5. The van der Waals surface area contributed by atoms with Gasteiger partial charge in [-0.05, 0) is 87.9 Å². The molecule has 1 aliphatic carbocycles. The minimum Gasteiger partial charge on any atom is -0.508 e. The first-order valence-corrected chi connectivity index (χ1v) is 11.4. The van der Waals surface area contributed by atoms with Crippen LogP contribution >= 0.6 is 12.4 Å². The fourth-order valence-electron chi connectivity index (χ4n) is 5.79. The molecule has 6 heteroatoms. The molecule has 1 aromatic heterocycles. The average molecular weight is 446 g/mol. The molecule has 0 spiro atoms. The first-order valence-electron chi connectivity index (χ1n) is 11.4. The second-order valence-electron chi connectivity index (χ2n) is 8.99. The van der Waals surface area contributed by atoms with Gasteiger partial charge in [0.2, 0.25) is 0 Å². The van der Waals surface area contributed by atoms with Gasteiger partial charge in [-0.25, -0.2) is 0 Å². The van der Waals surface area contributed by atoms with Gasteiger partial charge in [-0.3, -0.25) is 4.79 Å². The summed E-state index contributed by atoms with van der Waals surface area (Å²) in [5.74, 6) is 0.923. The Balaban J connectivity index is 0.00000272. The van der Waals surface area contributed by atoms with Crippen LogP contribution in [-0.4, -0.2) is 58.5 Å². The number of benzene rings is 1. The highest BCUT2D eigenvalue weighted by Crippen LogP contribution is 2.49. The van der Waals surface area contributed by atoms with E-state index in [1.165, 1.54) is 16.8 Å². The number of carbonyl (C=O) groups excluding carboxylic acids is 1. The van der Waals surface area contributed by atoms with Gasteiger partial charge in [0, 0.05) is 30.7 Å². The average Bonchev–Trinajstić information content (AvgIpc) is 3.07. The molecular formula is C25H36ClN3O2. The summed E-state index contributed by atoms with van der Waals surface area (Å²) < 4.78 is 0. The zero-order valence-corrected chi connectivity index (χ0v) is 20.0. The van der Waals surface area contributed by atoms with Crippen LogP contribution in [0.1, 0.15) is 60.1 Å². The number of aromatic hydroxyl groups is 1. The summed E-state index contributed by atoms with van der Waals surface area (Å²) in [6, 6.07) is 7.85. The van der Waals surface area contributed by atoms with Crippen LogP contribution < -0.4 is 0 Å². The number of carbonyl (C=O) groups is 1. The first-order chi connectivity index (χ1) is 14.4. The topological polar surface area (TPSA) is 59.6 Å². The molecule has 0 radical (unpaired) electrons. The van der Waals surface area contributed by atoms with Crippen molar-refractivity contribution in [2.75, 3.05) is 32.7 Å². The Kier molecular flexibility index (Phi) is 7.07. The smallest absolute Gasteiger partial charge is 0.270 e. The molecule has 0 saturated carbocycles. The van der Waals surface area contributed by atoms with Crippen LogP contribution in [0.3, 0.4) is 0 Å². The Morgan fingerprint density at radius 2 is 2.03 bits per heavy atom. The quantitative estimate of drug-likeness (QED) is 0.720. The maximum Gasteiger partial charge on any atom is 0.270 e. The Morgan fingerprint density at radius 1 is 1.29 bits per heavy atom. The van der Waals surface area contributed by atoms with Crippen LogP contribution in [0.15, 0.2) is 24.3 Å². The van der Waals surface area contributed by atoms with Gasteiger partial charge in [-0.15, -0.1) is 12.4 Å². The Morgan fingerprint density at radius 3 is 2.68 bits per heavy atom. The Bertz CT molecular complexity index is 937. The molecule has 5 nitrogen and oxygen atoms in total. The lowest BCUT2D eigenvalue weighted by Gasteiger charge is -2.51. The summed E-state index contributed by atoms with van der Waals surface area (Å²) >= 11 is 0. The van der Waals surface area contributed by atoms with Gasteiger partial charge in [0.15, 0.2) is 0 Å². The molecule has 0 bridgehead atoms. The van der Waals surface area contributed by atoms with Gasteiger partial charge in [0.25, 0.3) is 5.91 Å². The number of likely N-dealkylation sites (tertiary alicyclic amines) is 1. The summed E-state index contributed by atoms with van der Waals surface area (Å²) in [6.07, 6.45) is 2.96. The summed E-state index contributed by atoms with van der Waals surface area (Å²) in [4.78, 5) is 21.1. The first kappa shape index (κ1) is 23.7. The molecule has 1 amide bonds. The number of hydrogen-bond acceptors (Lipinski definition) is 3. The van der Waals surface area contributed by atoms with Crippen LogP contribution in [0, 0.1) is 12.8 Å². The van der Waals surface area contributed by atoms with Gasteiger partial charge in [0.05, 0.1) is 0 Å². The van der Waals surface area contributed by atoms with Crippen LogP contribution in [0.25, 0.3) is 0 Å². The molecule has 1 aromatic carbocycles. The molecule has 2 aliphatic rings. The fourth-order valence-corrected chi connectivity index (χ4v) is 5.79. The molecule has 170 valence electrons. The number of halogens is 1. The Hall–Kier alpha value is -1.98. The summed E-state index contributed by atoms with van der Waals surface area (Å²) in [5.41, 5.74) is 5.68. The van der Waals surface area contributed by atoms with E-state index < -0.39 is 0 Å². The normalized spacial score (nSPS) is 22.9. The number of piperidine rings is 1. The van der Waals surface area contributed by atoms with E-state index in [1.807, 2.05) is 30.9 Å². The van der Waals surface area contributed by atoms with Crippen molar-refractivity contribution < 1.29 is 9.90 Å². The third-order valence-electron chi connectivity index (χ3n) is 7.68. The molecule has 2 aromatic rings. The van der Waals surface area contributed by atoms with E-state index in [0.717, 1.165) is 63.2 Å². The molecule has 2 N–H and O–H groups in total. The summed E-state index contributed by atoms with van der Waals surface area (Å²) in [7, 11) is 0. The molecule has 1 saturated heterocycles. The second-order valence-corrected chi connectivity index (χ2v) is 8.99. The largest absolute Gasteiger partial charge is 0.508 e. The highest BCUT2D eigenvalue weighted by Gasteiger charge is 2.48. The van der Waals surface area contributed by atoms with Crippen molar-refractivity contribution in [1.82, 2.24) is 14.8 Å². The van der Waals surface area contributed by atoms with Gasteiger partial charge in [-0.1, -0.05) is 19.1 Å². The van der Waals surface area contributed by atoms with Crippen LogP contribution in [0.5, 0.6) is 5.75 Å². The van der Waals surface area contributed by atoms with Crippen LogP contribution in [-0.2, 0) is 18.3 Å². The Labute approximate surface area is 192 Å². The number of fused-ring (bicyclic) bond motifs is 2. The second kappa shape index (κ2) is 9.25. The van der Waals surface area contributed by atoms with Crippen LogP contribution in [0.2, 0.25) is 0 Å².